The number of hydrogen-bond donors (Lipinski definition) is 1. The number of aromatic amines is 1. The van der Waals surface area contributed by atoms with Gasteiger partial charge in [-0.1, -0.05) is 0 Å². The van der Waals surface area contributed by atoms with Crippen molar-refractivity contribution in [2.75, 3.05) is 7.11 Å². The Hall–Kier alpha value is -3.15. The lowest BCUT2D eigenvalue weighted by Gasteiger charge is -2.08. The normalized spacial score (nSPS) is 11.1. The van der Waals surface area contributed by atoms with Gasteiger partial charge in [0.25, 0.3) is 0 Å². The maximum absolute atomic E-state index is 5.67. The second-order valence-electron chi connectivity index (χ2n) is 5.65. The second-order valence-corrected chi connectivity index (χ2v) is 5.65. The predicted octanol–water partition coefficient (Wildman–Crippen LogP) is 3.91. The van der Waals surface area contributed by atoms with Gasteiger partial charge in [-0.25, -0.2) is 15.0 Å². The van der Waals surface area contributed by atoms with Crippen LogP contribution in [0.2, 0.25) is 0 Å². The van der Waals surface area contributed by atoms with Gasteiger partial charge >= 0.3 is 0 Å². The van der Waals surface area contributed by atoms with E-state index in [0.29, 0.717) is 17.2 Å². The van der Waals surface area contributed by atoms with Crippen LogP contribution in [0.25, 0.3) is 34.0 Å². The fourth-order valence-electron chi connectivity index (χ4n) is 2.71. The molecule has 0 radical (unpaired) electrons. The molecule has 3 heterocycles. The Morgan fingerprint density at radius 3 is 2.71 bits per heavy atom. The van der Waals surface area contributed by atoms with E-state index in [0.717, 1.165) is 33.8 Å². The average Bonchev–Trinajstić information content (AvgIpc) is 3.21. The molecule has 1 N–H and O–H groups in total. The minimum Gasteiger partial charge on any atom is -0.497 e. The molecular formula is C18H16N4O2. The number of imidazole rings is 1. The summed E-state index contributed by atoms with van der Waals surface area (Å²) in [6.45, 7) is 3.91. The molecule has 0 spiro atoms. The molecule has 0 aliphatic carbocycles. The third kappa shape index (κ3) is 2.42. The van der Waals surface area contributed by atoms with Gasteiger partial charge in [-0.05, 0) is 49.7 Å². The first-order valence-corrected chi connectivity index (χ1v) is 7.58. The number of aromatic nitrogens is 4. The largest absolute Gasteiger partial charge is 0.497 e. The fourth-order valence-corrected chi connectivity index (χ4v) is 2.71. The van der Waals surface area contributed by atoms with Crippen LogP contribution in [0, 0.1) is 13.8 Å². The van der Waals surface area contributed by atoms with E-state index < -0.39 is 0 Å². The highest BCUT2D eigenvalue weighted by atomic mass is 16.5. The second kappa shape index (κ2) is 5.49. The van der Waals surface area contributed by atoms with Crippen molar-refractivity contribution in [1.29, 1.82) is 0 Å². The number of ether oxygens (including phenoxy) is 1. The highest BCUT2D eigenvalue weighted by molar-refractivity contribution is 5.88. The summed E-state index contributed by atoms with van der Waals surface area (Å²) in [7, 11) is 1.65. The standard InChI is InChI=1S/C18H16N4O2/c1-10-6-12(8-13(7-10)23-3)15-16-18(20-9-19-16)22-17(21-15)14-5-4-11(2)24-14/h4-9H,1-3H3,(H,19,20,21,22). The molecule has 0 unspecified atom stereocenters. The summed E-state index contributed by atoms with van der Waals surface area (Å²) in [6, 6.07) is 9.74. The van der Waals surface area contributed by atoms with Crippen LogP contribution in [-0.4, -0.2) is 27.0 Å². The number of H-pyrrole nitrogens is 1. The quantitative estimate of drug-likeness (QED) is 0.619. The minimum absolute atomic E-state index is 0.512. The zero-order valence-electron chi connectivity index (χ0n) is 13.6. The zero-order valence-corrected chi connectivity index (χ0v) is 13.6. The Labute approximate surface area is 138 Å². The SMILES string of the molecule is COc1cc(C)cc(-c2nc(-c3ccc(C)o3)nc3nc[nH]c23)c1. The molecule has 6 heteroatoms. The van der Waals surface area contributed by atoms with E-state index in [9.17, 15) is 0 Å². The topological polar surface area (TPSA) is 76.8 Å². The molecule has 120 valence electrons. The Balaban J connectivity index is 1.97. The molecule has 0 aliphatic heterocycles. The van der Waals surface area contributed by atoms with E-state index >= 15 is 0 Å². The number of hydrogen-bond acceptors (Lipinski definition) is 5. The number of rotatable bonds is 3. The smallest absolute Gasteiger partial charge is 0.198 e. The summed E-state index contributed by atoms with van der Waals surface area (Å²) in [5.74, 6) is 2.73. The van der Waals surface area contributed by atoms with Gasteiger partial charge in [0.2, 0.25) is 0 Å². The lowest BCUT2D eigenvalue weighted by Crippen LogP contribution is -1.95. The highest BCUT2D eigenvalue weighted by Gasteiger charge is 2.16. The predicted molar refractivity (Wildman–Crippen MR) is 90.8 cm³/mol. The van der Waals surface area contributed by atoms with E-state index in [1.807, 2.05) is 38.1 Å². The fraction of sp³-hybridized carbons (Fsp3) is 0.167. The first kappa shape index (κ1) is 14.4. The van der Waals surface area contributed by atoms with Crippen molar-refractivity contribution < 1.29 is 9.15 Å². The zero-order chi connectivity index (χ0) is 16.7. The number of aryl methyl sites for hydroxylation is 2. The Kier molecular flexibility index (Phi) is 3.30. The van der Waals surface area contributed by atoms with E-state index in [1.54, 1.807) is 13.4 Å². The Morgan fingerprint density at radius 2 is 1.96 bits per heavy atom. The van der Waals surface area contributed by atoms with E-state index in [4.69, 9.17) is 14.1 Å². The molecule has 0 amide bonds. The molecule has 3 aromatic heterocycles. The highest BCUT2D eigenvalue weighted by Crippen LogP contribution is 2.30. The summed E-state index contributed by atoms with van der Waals surface area (Å²) >= 11 is 0. The molecule has 4 rings (SSSR count). The summed E-state index contributed by atoms with van der Waals surface area (Å²) in [5.41, 5.74) is 4.18. The van der Waals surface area contributed by atoms with Gasteiger partial charge in [-0.2, -0.15) is 0 Å². The van der Waals surface area contributed by atoms with Crippen LogP contribution in [-0.2, 0) is 0 Å². The average molecular weight is 320 g/mol. The van der Waals surface area contributed by atoms with Crippen molar-refractivity contribution >= 4 is 11.2 Å². The lowest BCUT2D eigenvalue weighted by atomic mass is 10.1. The summed E-state index contributed by atoms with van der Waals surface area (Å²) in [4.78, 5) is 16.6. The monoisotopic (exact) mass is 320 g/mol. The third-order valence-corrected chi connectivity index (χ3v) is 3.81. The van der Waals surface area contributed by atoms with Gasteiger partial charge in [0.05, 0.1) is 13.4 Å². The number of furan rings is 1. The molecule has 0 saturated carbocycles. The van der Waals surface area contributed by atoms with Crippen LogP contribution in [0.1, 0.15) is 11.3 Å². The van der Waals surface area contributed by atoms with Gasteiger partial charge in [-0.15, -0.1) is 0 Å². The number of methoxy groups -OCH3 is 1. The molecule has 0 aliphatic rings. The molecular weight excluding hydrogens is 304 g/mol. The summed E-state index contributed by atoms with van der Waals surface area (Å²) < 4.78 is 11.0. The van der Waals surface area contributed by atoms with Crippen molar-refractivity contribution in [3.05, 3.63) is 48.0 Å². The van der Waals surface area contributed by atoms with Crippen molar-refractivity contribution in [2.45, 2.75) is 13.8 Å². The van der Waals surface area contributed by atoms with Crippen LogP contribution in [0.3, 0.4) is 0 Å². The molecule has 6 nitrogen and oxygen atoms in total. The van der Waals surface area contributed by atoms with Crippen LogP contribution < -0.4 is 4.74 Å². The summed E-state index contributed by atoms with van der Waals surface area (Å²) in [6.07, 6.45) is 1.62. The van der Waals surface area contributed by atoms with Crippen molar-refractivity contribution in [3.63, 3.8) is 0 Å². The molecule has 0 saturated heterocycles. The first-order chi connectivity index (χ1) is 11.6. The number of nitrogens with zero attached hydrogens (tertiary/aromatic N) is 3. The van der Waals surface area contributed by atoms with Gasteiger partial charge in [0, 0.05) is 5.56 Å². The van der Waals surface area contributed by atoms with E-state index in [1.165, 1.54) is 0 Å². The van der Waals surface area contributed by atoms with Crippen LogP contribution in [0.5, 0.6) is 5.75 Å². The van der Waals surface area contributed by atoms with E-state index in [-0.39, 0.29) is 0 Å². The molecule has 1 aromatic carbocycles. The van der Waals surface area contributed by atoms with Gasteiger partial charge in [0.1, 0.15) is 22.7 Å². The summed E-state index contributed by atoms with van der Waals surface area (Å²) in [5, 5.41) is 0. The van der Waals surface area contributed by atoms with Crippen LogP contribution in [0.4, 0.5) is 0 Å². The molecule has 4 aromatic rings. The third-order valence-electron chi connectivity index (χ3n) is 3.81. The Morgan fingerprint density at radius 1 is 1.08 bits per heavy atom. The van der Waals surface area contributed by atoms with Crippen LogP contribution >= 0.6 is 0 Å². The van der Waals surface area contributed by atoms with Gasteiger partial charge in [-0.3, -0.25) is 0 Å². The number of benzene rings is 1. The Bertz CT molecular complexity index is 1030. The van der Waals surface area contributed by atoms with Gasteiger partial charge < -0.3 is 14.1 Å². The number of fused-ring (bicyclic) bond motifs is 1. The maximum Gasteiger partial charge on any atom is 0.198 e. The number of nitrogens with one attached hydrogen (secondary N) is 1. The van der Waals surface area contributed by atoms with Crippen LogP contribution in [0.15, 0.2) is 41.1 Å². The molecule has 0 fully saturated rings. The molecule has 0 atom stereocenters. The van der Waals surface area contributed by atoms with Gasteiger partial charge in [0.15, 0.2) is 17.2 Å². The molecule has 24 heavy (non-hydrogen) atoms. The van der Waals surface area contributed by atoms with Crippen molar-refractivity contribution in [3.8, 4) is 28.6 Å². The lowest BCUT2D eigenvalue weighted by molar-refractivity contribution is 0.414. The first-order valence-electron chi connectivity index (χ1n) is 7.58. The minimum atomic E-state index is 0.512. The molecule has 0 bridgehead atoms. The van der Waals surface area contributed by atoms with Crippen molar-refractivity contribution in [2.24, 2.45) is 0 Å². The van der Waals surface area contributed by atoms with E-state index in [2.05, 4.69) is 21.0 Å². The van der Waals surface area contributed by atoms with Crippen molar-refractivity contribution in [1.82, 2.24) is 19.9 Å². The maximum atomic E-state index is 5.67.